The fourth-order valence-corrected chi connectivity index (χ4v) is 2.61. The Kier molecular flexibility index (Phi) is 4.21. The number of hydrogen-bond donors (Lipinski definition) is 1. The minimum atomic E-state index is -0.770. The van der Waals surface area contributed by atoms with Crippen molar-refractivity contribution in [2.75, 3.05) is 16.8 Å². The minimum absolute atomic E-state index is 0.0356. The first-order chi connectivity index (χ1) is 11.1. The maximum atomic E-state index is 12.7. The summed E-state index contributed by atoms with van der Waals surface area (Å²) in [6.07, 6.45) is -0.770. The van der Waals surface area contributed by atoms with Gasteiger partial charge >= 0.3 is 0 Å². The highest BCUT2D eigenvalue weighted by Crippen LogP contribution is 2.30. The van der Waals surface area contributed by atoms with Gasteiger partial charge in [0.2, 0.25) is 5.91 Å². The number of carbonyl (C=O) groups excluding carboxylic acids is 2. The molecule has 1 N–H and O–H groups in total. The minimum Gasteiger partial charge on any atom is -0.479 e. The Bertz CT molecular complexity index is 763. The van der Waals surface area contributed by atoms with E-state index in [0.717, 1.165) is 0 Å². The van der Waals surface area contributed by atoms with Gasteiger partial charge in [-0.05, 0) is 31.2 Å². The summed E-state index contributed by atoms with van der Waals surface area (Å²) in [7, 11) is 0. The van der Waals surface area contributed by atoms with Crippen molar-refractivity contribution in [1.82, 2.24) is 0 Å². The van der Waals surface area contributed by atoms with Crippen molar-refractivity contribution in [2.45, 2.75) is 13.0 Å². The van der Waals surface area contributed by atoms with Crippen LogP contribution in [0.25, 0.3) is 0 Å². The second-order valence-corrected chi connectivity index (χ2v) is 5.59. The van der Waals surface area contributed by atoms with Crippen molar-refractivity contribution in [3.63, 3.8) is 0 Å². The van der Waals surface area contributed by atoms with Crippen LogP contribution in [-0.2, 0) is 9.59 Å². The second kappa shape index (κ2) is 6.30. The van der Waals surface area contributed by atoms with Gasteiger partial charge in [0, 0.05) is 0 Å². The normalized spacial score (nSPS) is 14.7. The fraction of sp³-hybridized carbons (Fsp3) is 0.176. The van der Waals surface area contributed by atoms with E-state index in [2.05, 4.69) is 5.32 Å². The third-order valence-electron chi connectivity index (χ3n) is 3.52. The summed E-state index contributed by atoms with van der Waals surface area (Å²) < 4.78 is 5.66. The van der Waals surface area contributed by atoms with Crippen LogP contribution in [0.5, 0.6) is 5.75 Å². The molecule has 0 unspecified atom stereocenters. The van der Waals surface area contributed by atoms with Crippen LogP contribution in [0, 0.1) is 0 Å². The predicted octanol–water partition coefficient (Wildman–Crippen LogP) is 3.09. The van der Waals surface area contributed by atoms with Gasteiger partial charge in [0.05, 0.1) is 16.4 Å². The van der Waals surface area contributed by atoms with Crippen LogP contribution in [0.2, 0.25) is 5.02 Å². The third-order valence-corrected chi connectivity index (χ3v) is 3.84. The molecule has 2 aromatic rings. The summed E-state index contributed by atoms with van der Waals surface area (Å²) >= 11 is 6.05. The first kappa shape index (κ1) is 15.4. The highest BCUT2D eigenvalue weighted by molar-refractivity contribution is 6.32. The molecule has 0 saturated carbocycles. The van der Waals surface area contributed by atoms with Gasteiger partial charge in [-0.2, -0.15) is 0 Å². The van der Waals surface area contributed by atoms with Gasteiger partial charge in [-0.25, -0.2) is 0 Å². The Balaban J connectivity index is 1.83. The fourth-order valence-electron chi connectivity index (χ4n) is 2.43. The molecule has 0 spiro atoms. The molecule has 1 heterocycles. The van der Waals surface area contributed by atoms with E-state index in [1.54, 1.807) is 49.4 Å². The zero-order valence-corrected chi connectivity index (χ0v) is 13.2. The van der Waals surface area contributed by atoms with Crippen molar-refractivity contribution in [3.05, 3.63) is 53.6 Å². The molecule has 1 atom stereocenters. The van der Waals surface area contributed by atoms with Crippen LogP contribution in [-0.4, -0.2) is 24.5 Å². The number of fused-ring (bicyclic) bond motifs is 1. The summed E-state index contributed by atoms with van der Waals surface area (Å²) in [6.45, 7) is 1.60. The highest BCUT2D eigenvalue weighted by Gasteiger charge is 2.30. The number of nitrogens with one attached hydrogen (secondary N) is 1. The average molecular weight is 331 g/mol. The number of rotatable bonds is 3. The third kappa shape index (κ3) is 3.14. The summed E-state index contributed by atoms with van der Waals surface area (Å²) in [6, 6.07) is 14.1. The zero-order valence-electron chi connectivity index (χ0n) is 12.5. The van der Waals surface area contributed by atoms with Crippen molar-refractivity contribution < 1.29 is 14.3 Å². The molecule has 0 saturated heterocycles. The van der Waals surface area contributed by atoms with Crippen LogP contribution in [0.1, 0.15) is 6.92 Å². The summed E-state index contributed by atoms with van der Waals surface area (Å²) in [4.78, 5) is 25.9. The molecule has 1 aliphatic heterocycles. The number of amides is 2. The monoisotopic (exact) mass is 330 g/mol. The van der Waals surface area contributed by atoms with Crippen LogP contribution in [0.3, 0.4) is 0 Å². The smallest absolute Gasteiger partial charge is 0.268 e. The maximum Gasteiger partial charge on any atom is 0.268 e. The molecule has 0 fully saturated rings. The van der Waals surface area contributed by atoms with E-state index in [-0.39, 0.29) is 18.4 Å². The Morgan fingerprint density at radius 2 is 1.91 bits per heavy atom. The number of benzene rings is 2. The van der Waals surface area contributed by atoms with Crippen molar-refractivity contribution in [2.24, 2.45) is 0 Å². The first-order valence-corrected chi connectivity index (χ1v) is 7.55. The quantitative estimate of drug-likeness (QED) is 0.940. The topological polar surface area (TPSA) is 58.6 Å². The molecule has 2 amide bonds. The Labute approximate surface area is 138 Å². The number of nitrogens with zero attached hydrogens (tertiary/aromatic N) is 1. The SMILES string of the molecule is C[C@H](Oc1ccccc1Cl)C(=O)N1CC(=O)Nc2ccccc21. The van der Waals surface area contributed by atoms with Gasteiger partial charge in [-0.3, -0.25) is 14.5 Å². The number of para-hydroxylation sites is 3. The Morgan fingerprint density at radius 1 is 1.22 bits per heavy atom. The lowest BCUT2D eigenvalue weighted by molar-refractivity contribution is -0.126. The van der Waals surface area contributed by atoms with E-state index in [1.807, 2.05) is 6.07 Å². The van der Waals surface area contributed by atoms with Crippen LogP contribution < -0.4 is 15.0 Å². The number of hydrogen-bond acceptors (Lipinski definition) is 3. The molecule has 6 heteroatoms. The van der Waals surface area contributed by atoms with Crippen LogP contribution in [0.4, 0.5) is 11.4 Å². The molecule has 2 aromatic carbocycles. The summed E-state index contributed by atoms with van der Waals surface area (Å²) in [5.74, 6) is -0.0982. The van der Waals surface area contributed by atoms with Gasteiger partial charge in [0.25, 0.3) is 5.91 Å². The van der Waals surface area contributed by atoms with E-state index in [4.69, 9.17) is 16.3 Å². The van der Waals surface area contributed by atoms with E-state index in [0.29, 0.717) is 22.1 Å². The molecular weight excluding hydrogens is 316 g/mol. The van der Waals surface area contributed by atoms with Crippen molar-refractivity contribution >= 4 is 34.8 Å². The first-order valence-electron chi connectivity index (χ1n) is 7.17. The lowest BCUT2D eigenvalue weighted by atomic mass is 10.1. The second-order valence-electron chi connectivity index (χ2n) is 5.18. The van der Waals surface area contributed by atoms with E-state index in [9.17, 15) is 9.59 Å². The Hall–Kier alpha value is -2.53. The molecule has 3 rings (SSSR count). The number of halogens is 1. The highest BCUT2D eigenvalue weighted by atomic mass is 35.5. The van der Waals surface area contributed by atoms with E-state index in [1.165, 1.54) is 4.90 Å². The van der Waals surface area contributed by atoms with Gasteiger partial charge in [-0.1, -0.05) is 35.9 Å². The molecule has 0 aromatic heterocycles. The standard InChI is InChI=1S/C17H15ClN2O3/c1-11(23-15-9-5-2-6-12(15)18)17(22)20-10-16(21)19-13-7-3-4-8-14(13)20/h2-9,11H,10H2,1H3,(H,19,21)/t11-/m0/s1. The molecule has 0 radical (unpaired) electrons. The molecule has 1 aliphatic rings. The van der Waals surface area contributed by atoms with Gasteiger partial charge in [0.1, 0.15) is 12.3 Å². The lowest BCUT2D eigenvalue weighted by Crippen LogP contribution is -2.47. The van der Waals surface area contributed by atoms with E-state index >= 15 is 0 Å². The molecule has 0 bridgehead atoms. The maximum absolute atomic E-state index is 12.7. The number of carbonyl (C=O) groups is 2. The zero-order chi connectivity index (χ0) is 16.4. The van der Waals surface area contributed by atoms with Crippen LogP contribution in [0.15, 0.2) is 48.5 Å². The summed E-state index contributed by atoms with van der Waals surface area (Å²) in [5.41, 5.74) is 1.27. The predicted molar refractivity (Wildman–Crippen MR) is 89.0 cm³/mol. The van der Waals surface area contributed by atoms with Gasteiger partial charge in [0.15, 0.2) is 6.10 Å². The molecular formula is C17H15ClN2O3. The molecule has 118 valence electrons. The van der Waals surface area contributed by atoms with Gasteiger partial charge < -0.3 is 10.1 Å². The van der Waals surface area contributed by atoms with Crippen molar-refractivity contribution in [1.29, 1.82) is 0 Å². The number of ether oxygens (including phenoxy) is 1. The number of anilines is 2. The Morgan fingerprint density at radius 3 is 2.70 bits per heavy atom. The van der Waals surface area contributed by atoms with Crippen LogP contribution >= 0.6 is 11.6 Å². The van der Waals surface area contributed by atoms with Crippen molar-refractivity contribution in [3.8, 4) is 5.75 Å². The average Bonchev–Trinajstić information content (AvgIpc) is 2.55. The molecule has 23 heavy (non-hydrogen) atoms. The van der Waals surface area contributed by atoms with E-state index < -0.39 is 6.10 Å². The lowest BCUT2D eigenvalue weighted by Gasteiger charge is -2.31. The largest absolute Gasteiger partial charge is 0.479 e. The molecule has 0 aliphatic carbocycles. The van der Waals surface area contributed by atoms with Gasteiger partial charge in [-0.15, -0.1) is 0 Å². The summed E-state index contributed by atoms with van der Waals surface area (Å²) in [5, 5.41) is 3.18. The molecule has 5 nitrogen and oxygen atoms in total.